The summed E-state index contributed by atoms with van der Waals surface area (Å²) in [7, 11) is 1.35. The number of aliphatic imine (C=N–C) groups is 1. The maximum absolute atomic E-state index is 10.8. The van der Waals surface area contributed by atoms with Crippen LogP contribution in [0.15, 0.2) is 28.2 Å². The summed E-state index contributed by atoms with van der Waals surface area (Å²) in [5.74, 6) is 0. The van der Waals surface area contributed by atoms with Crippen LogP contribution in [0.4, 0.5) is 0 Å². The zero-order valence-corrected chi connectivity index (χ0v) is 8.14. The highest BCUT2D eigenvalue weighted by atomic mass is 35.7. The minimum atomic E-state index is -3.72. The lowest BCUT2D eigenvalue weighted by molar-refractivity contribution is 0.616. The number of rotatable bonds is 1. The van der Waals surface area contributed by atoms with Gasteiger partial charge >= 0.3 is 0 Å². The Hall–Kier alpha value is -0.320. The summed E-state index contributed by atoms with van der Waals surface area (Å²) < 4.78 is 21.6. The van der Waals surface area contributed by atoms with Gasteiger partial charge in [0.05, 0.1) is 10.3 Å². The molecule has 0 aromatic heterocycles. The highest BCUT2D eigenvalue weighted by Gasteiger charge is 2.14. The lowest BCUT2D eigenvalue weighted by atomic mass is 10.4. The van der Waals surface area contributed by atoms with E-state index < -0.39 is 14.4 Å². The molecule has 1 unspecified atom stereocenters. The van der Waals surface area contributed by atoms with Crippen LogP contribution in [0.1, 0.15) is 0 Å². The molecule has 0 radical (unpaired) electrons. The Morgan fingerprint density at radius 2 is 2.17 bits per heavy atom. The molecular formula is C6H5Cl2NO2S. The SMILES string of the molecule is O=S(=O)(Cl)C1=CC(Cl)C=CN=C1. The first-order valence-electron chi connectivity index (χ1n) is 3.00. The molecule has 1 aliphatic rings. The molecule has 66 valence electrons. The van der Waals surface area contributed by atoms with Gasteiger partial charge in [0.1, 0.15) is 0 Å². The van der Waals surface area contributed by atoms with Crippen LogP contribution in [0.2, 0.25) is 0 Å². The number of hydrogen-bond donors (Lipinski definition) is 0. The van der Waals surface area contributed by atoms with Gasteiger partial charge in [0.2, 0.25) is 0 Å². The largest absolute Gasteiger partial charge is 0.264 e. The van der Waals surface area contributed by atoms with E-state index in [1.807, 2.05) is 0 Å². The Morgan fingerprint density at radius 3 is 2.75 bits per heavy atom. The van der Waals surface area contributed by atoms with Crippen LogP contribution in [0.3, 0.4) is 0 Å². The third kappa shape index (κ3) is 2.62. The van der Waals surface area contributed by atoms with Crippen molar-refractivity contribution in [1.29, 1.82) is 0 Å². The van der Waals surface area contributed by atoms with Crippen LogP contribution in [0.25, 0.3) is 0 Å². The number of alkyl halides is 1. The molecule has 1 rings (SSSR count). The van der Waals surface area contributed by atoms with Gasteiger partial charge in [0, 0.05) is 23.1 Å². The van der Waals surface area contributed by atoms with Crippen LogP contribution in [0, 0.1) is 0 Å². The van der Waals surface area contributed by atoms with Crippen LogP contribution in [0.5, 0.6) is 0 Å². The van der Waals surface area contributed by atoms with Gasteiger partial charge in [-0.2, -0.15) is 0 Å². The summed E-state index contributed by atoms with van der Waals surface area (Å²) in [6, 6.07) is 0. The van der Waals surface area contributed by atoms with Gasteiger partial charge in [-0.1, -0.05) is 0 Å². The van der Waals surface area contributed by atoms with Crippen LogP contribution >= 0.6 is 22.3 Å². The van der Waals surface area contributed by atoms with E-state index in [1.54, 1.807) is 6.08 Å². The summed E-state index contributed by atoms with van der Waals surface area (Å²) in [6.07, 6.45) is 5.44. The molecule has 6 heteroatoms. The minimum absolute atomic E-state index is 0.0748. The van der Waals surface area contributed by atoms with E-state index in [2.05, 4.69) is 4.99 Å². The Kier molecular flexibility index (Phi) is 2.93. The second kappa shape index (κ2) is 3.60. The fourth-order valence-corrected chi connectivity index (χ4v) is 1.69. The smallest absolute Gasteiger partial charge is 0.262 e. The molecule has 12 heavy (non-hydrogen) atoms. The lowest BCUT2D eigenvalue weighted by Gasteiger charge is -1.95. The van der Waals surface area contributed by atoms with Gasteiger partial charge in [-0.05, 0) is 12.2 Å². The molecule has 0 bridgehead atoms. The molecule has 1 aliphatic heterocycles. The van der Waals surface area contributed by atoms with E-state index in [1.165, 1.54) is 12.3 Å². The third-order valence-electron chi connectivity index (χ3n) is 1.16. The second-order valence-corrected chi connectivity index (χ2v) is 5.14. The Morgan fingerprint density at radius 1 is 1.50 bits per heavy atom. The fourth-order valence-electron chi connectivity index (χ4n) is 0.648. The van der Waals surface area contributed by atoms with Gasteiger partial charge in [0.15, 0.2) is 0 Å². The molecule has 0 amide bonds. The fraction of sp³-hybridized carbons (Fsp3) is 0.167. The summed E-state index contributed by atoms with van der Waals surface area (Å²) >= 11 is 5.66. The molecule has 0 N–H and O–H groups in total. The number of allylic oxidation sites excluding steroid dienone is 3. The van der Waals surface area contributed by atoms with Gasteiger partial charge in [-0.25, -0.2) is 8.42 Å². The number of hydrogen-bond acceptors (Lipinski definition) is 3. The van der Waals surface area contributed by atoms with Crippen molar-refractivity contribution >= 4 is 37.5 Å². The molecule has 3 nitrogen and oxygen atoms in total. The van der Waals surface area contributed by atoms with E-state index in [0.29, 0.717) is 0 Å². The Bertz CT molecular complexity index is 356. The maximum Gasteiger partial charge on any atom is 0.262 e. The van der Waals surface area contributed by atoms with Gasteiger partial charge in [0.25, 0.3) is 9.05 Å². The Balaban J connectivity index is 3.08. The number of nitrogens with zero attached hydrogens (tertiary/aromatic N) is 1. The molecule has 0 fully saturated rings. The number of halogens is 2. The summed E-state index contributed by atoms with van der Waals surface area (Å²) in [6.45, 7) is 0. The average molecular weight is 226 g/mol. The molecule has 0 aromatic carbocycles. The normalized spacial score (nSPS) is 23.5. The van der Waals surface area contributed by atoms with E-state index >= 15 is 0 Å². The van der Waals surface area contributed by atoms with Crippen LogP contribution < -0.4 is 0 Å². The molecule has 0 saturated heterocycles. The highest BCUT2D eigenvalue weighted by molar-refractivity contribution is 8.17. The van der Waals surface area contributed by atoms with Crippen LogP contribution in [-0.4, -0.2) is 20.0 Å². The predicted octanol–water partition coefficient (Wildman–Crippen LogP) is 1.64. The monoisotopic (exact) mass is 225 g/mol. The summed E-state index contributed by atoms with van der Waals surface area (Å²) in [5.41, 5.74) is 0. The highest BCUT2D eigenvalue weighted by Crippen LogP contribution is 2.15. The first-order valence-corrected chi connectivity index (χ1v) is 5.75. The first kappa shape index (κ1) is 9.77. The average Bonchev–Trinajstić information content (AvgIpc) is 2.11. The van der Waals surface area contributed by atoms with E-state index in [4.69, 9.17) is 22.3 Å². The molecular weight excluding hydrogens is 221 g/mol. The molecule has 0 spiro atoms. The second-order valence-electron chi connectivity index (χ2n) is 2.07. The topological polar surface area (TPSA) is 46.5 Å². The minimum Gasteiger partial charge on any atom is -0.264 e. The zero-order valence-electron chi connectivity index (χ0n) is 5.81. The third-order valence-corrected chi connectivity index (χ3v) is 2.77. The molecule has 1 heterocycles. The van der Waals surface area contributed by atoms with Gasteiger partial charge < -0.3 is 0 Å². The molecule has 0 aromatic rings. The van der Waals surface area contributed by atoms with E-state index in [9.17, 15) is 8.42 Å². The molecule has 0 saturated carbocycles. The quantitative estimate of drug-likeness (QED) is 0.504. The van der Waals surface area contributed by atoms with E-state index in [-0.39, 0.29) is 4.91 Å². The molecule has 1 atom stereocenters. The standard InChI is InChI=1S/C6H5Cl2NO2S/c7-5-1-2-9-4-6(3-5)12(8,10)11/h1-5H. The van der Waals surface area contributed by atoms with Crippen LogP contribution in [-0.2, 0) is 9.05 Å². The molecule has 0 aliphatic carbocycles. The predicted molar refractivity (Wildman–Crippen MR) is 50.1 cm³/mol. The summed E-state index contributed by atoms with van der Waals surface area (Å²) in [5, 5.41) is -0.490. The van der Waals surface area contributed by atoms with Gasteiger partial charge in [-0.15, -0.1) is 11.6 Å². The van der Waals surface area contributed by atoms with Crippen molar-refractivity contribution < 1.29 is 8.42 Å². The van der Waals surface area contributed by atoms with Gasteiger partial charge in [-0.3, -0.25) is 4.99 Å². The lowest BCUT2D eigenvalue weighted by Crippen LogP contribution is -1.98. The summed E-state index contributed by atoms with van der Waals surface area (Å²) in [4.78, 5) is 3.57. The van der Waals surface area contributed by atoms with Crippen molar-refractivity contribution in [3.63, 3.8) is 0 Å². The van der Waals surface area contributed by atoms with Crippen molar-refractivity contribution in [2.24, 2.45) is 4.99 Å². The Labute approximate surface area is 79.8 Å². The van der Waals surface area contributed by atoms with Crippen molar-refractivity contribution in [2.75, 3.05) is 0 Å². The first-order chi connectivity index (χ1) is 5.50. The zero-order chi connectivity index (χ0) is 9.19. The van der Waals surface area contributed by atoms with E-state index in [0.717, 1.165) is 6.21 Å². The van der Waals surface area contributed by atoms with Crippen molar-refractivity contribution in [3.05, 3.63) is 23.3 Å². The van der Waals surface area contributed by atoms with Crippen molar-refractivity contribution in [2.45, 2.75) is 5.38 Å². The maximum atomic E-state index is 10.8. The van der Waals surface area contributed by atoms with Crippen molar-refractivity contribution in [1.82, 2.24) is 0 Å². The van der Waals surface area contributed by atoms with Crippen molar-refractivity contribution in [3.8, 4) is 0 Å².